The number of rotatable bonds is 6. The Morgan fingerprint density at radius 2 is 1.71 bits per heavy atom. The second kappa shape index (κ2) is 13.0. The summed E-state index contributed by atoms with van der Waals surface area (Å²) < 4.78 is 1.86. The van der Waals surface area contributed by atoms with Crippen molar-refractivity contribution in [3.63, 3.8) is 0 Å². The van der Waals surface area contributed by atoms with Gasteiger partial charge in [-0.05, 0) is 0 Å². The maximum Gasteiger partial charge on any atom is -1.00 e. The molecule has 5 heteroatoms. The van der Waals surface area contributed by atoms with Crippen molar-refractivity contribution in [2.75, 3.05) is 0 Å². The van der Waals surface area contributed by atoms with Crippen molar-refractivity contribution in [3.05, 3.63) is 51.4 Å². The Kier molecular flexibility index (Phi) is 14.7. The summed E-state index contributed by atoms with van der Waals surface area (Å²) in [6.07, 6.45) is 7.65. The molecule has 0 bridgehead atoms. The average Bonchev–Trinajstić information content (AvgIpc) is 2.80. The molecule has 1 aliphatic carbocycles. The van der Waals surface area contributed by atoms with Gasteiger partial charge in [0.25, 0.3) is 0 Å². The molecule has 0 atom stereocenters. The summed E-state index contributed by atoms with van der Waals surface area (Å²) in [7, 11) is -0.00444. The monoisotopic (exact) mass is 395 g/mol. The molecule has 0 heterocycles. The fraction of sp³-hybridized carbons (Fsp3) is 0.375. The summed E-state index contributed by atoms with van der Waals surface area (Å²) in [6.45, 7) is 4.63. The van der Waals surface area contributed by atoms with E-state index in [1.165, 1.54) is 25.7 Å². The standard InChI is InChI=1S/C10H15.C6H7Si.3ClH.Ti/c1-3-5-10-7-6-9(4-2)8-10;7-6-4-2-1-3-5-6;;;;/h6H,3-5,7H2,1-2H3;1-5H,7H2;3*1H;/q;;;;;+3/p-3. The van der Waals surface area contributed by atoms with Crippen LogP contribution in [0, 0.1) is 0 Å². The Balaban J connectivity index is 0. The van der Waals surface area contributed by atoms with Gasteiger partial charge in [0.1, 0.15) is 0 Å². The van der Waals surface area contributed by atoms with Crippen LogP contribution in [0.1, 0.15) is 39.5 Å². The molecule has 0 nitrogen and oxygen atoms in total. The zero-order valence-electron chi connectivity index (χ0n) is 12.6. The van der Waals surface area contributed by atoms with Crippen LogP contribution in [0.3, 0.4) is 0 Å². The van der Waals surface area contributed by atoms with E-state index in [4.69, 9.17) is 0 Å². The van der Waals surface area contributed by atoms with Gasteiger partial charge in [0.15, 0.2) is 0 Å². The summed E-state index contributed by atoms with van der Waals surface area (Å²) >= 11 is 0.148. The van der Waals surface area contributed by atoms with Crippen molar-refractivity contribution in [2.45, 2.75) is 39.5 Å². The van der Waals surface area contributed by atoms with Crippen LogP contribution in [-0.4, -0.2) is 7.39 Å². The van der Waals surface area contributed by atoms with Gasteiger partial charge in [0.2, 0.25) is 0 Å². The van der Waals surface area contributed by atoms with Gasteiger partial charge in [-0.1, -0.05) is 0 Å². The Morgan fingerprint density at radius 1 is 1.05 bits per heavy atom. The predicted octanol–water partition coefficient (Wildman–Crippen LogP) is -5.72. The molecule has 0 aliphatic heterocycles. The number of benzene rings is 1. The van der Waals surface area contributed by atoms with E-state index in [0.29, 0.717) is 0 Å². The maximum atomic E-state index is 2.50. The molecule has 1 aromatic rings. The van der Waals surface area contributed by atoms with Crippen molar-refractivity contribution >= 4 is 12.6 Å². The third kappa shape index (κ3) is 7.07. The zero-order valence-corrected chi connectivity index (χ0v) is 17.9. The third-order valence-electron chi connectivity index (χ3n) is 3.51. The van der Waals surface area contributed by atoms with Crippen LogP contribution in [0.4, 0.5) is 0 Å². The molecule has 1 aromatic carbocycles. The first kappa shape index (κ1) is 23.8. The summed E-state index contributed by atoms with van der Waals surface area (Å²) in [5.74, 6) is 0. The first-order valence-corrected chi connectivity index (χ1v) is 12.5. The fourth-order valence-corrected chi connectivity index (χ4v) is 9.83. The predicted molar refractivity (Wildman–Crippen MR) is 79.5 cm³/mol. The topological polar surface area (TPSA) is 0 Å². The molecule has 0 saturated heterocycles. The van der Waals surface area contributed by atoms with Crippen LogP contribution in [0.5, 0.6) is 0 Å². The third-order valence-corrected chi connectivity index (χ3v) is 10.4. The average molecular weight is 397 g/mol. The van der Waals surface area contributed by atoms with Crippen molar-refractivity contribution in [1.29, 1.82) is 0 Å². The molecule has 0 spiro atoms. The van der Waals surface area contributed by atoms with Crippen molar-refractivity contribution in [2.24, 2.45) is 0 Å². The molecular weight excluding hydrogens is 374 g/mol. The Labute approximate surface area is 158 Å². The Hall–Kier alpha value is 0.501. The summed E-state index contributed by atoms with van der Waals surface area (Å²) in [5.41, 5.74) is 3.49. The zero-order chi connectivity index (χ0) is 12.8. The van der Waals surface area contributed by atoms with Crippen LogP contribution < -0.4 is 42.4 Å². The molecular formula is C16H22Cl3SiTi. The maximum absolute atomic E-state index is 2.50. The number of hydrogen-bond donors (Lipinski definition) is 0. The molecule has 0 unspecified atom stereocenters. The van der Waals surface area contributed by atoms with E-state index in [2.05, 4.69) is 50.3 Å². The number of halogens is 3. The summed E-state index contributed by atoms with van der Waals surface area (Å²) in [5, 5.41) is 1.66. The van der Waals surface area contributed by atoms with Crippen molar-refractivity contribution in [1.82, 2.24) is 0 Å². The quantitative estimate of drug-likeness (QED) is 0.421. The van der Waals surface area contributed by atoms with E-state index >= 15 is 0 Å². The smallest absolute Gasteiger partial charge is 1.00 e. The largest absolute Gasteiger partial charge is 1.00 e. The molecule has 0 N–H and O–H groups in total. The second-order valence-electron chi connectivity index (χ2n) is 4.85. The first-order chi connectivity index (χ1) is 8.85. The van der Waals surface area contributed by atoms with Crippen LogP contribution in [0.2, 0.25) is 0 Å². The number of hydrogen-bond acceptors (Lipinski definition) is 0. The van der Waals surface area contributed by atoms with E-state index in [1.54, 1.807) is 16.3 Å². The fourth-order valence-electron chi connectivity index (χ4n) is 2.55. The van der Waals surface area contributed by atoms with E-state index in [9.17, 15) is 0 Å². The molecule has 115 valence electrons. The van der Waals surface area contributed by atoms with Gasteiger partial charge >= 0.3 is 122 Å². The van der Waals surface area contributed by atoms with Gasteiger partial charge in [0, 0.05) is 0 Å². The van der Waals surface area contributed by atoms with E-state index < -0.39 is 0 Å². The van der Waals surface area contributed by atoms with Crippen LogP contribution in [0.25, 0.3) is 0 Å². The van der Waals surface area contributed by atoms with Gasteiger partial charge in [-0.25, -0.2) is 0 Å². The Morgan fingerprint density at radius 3 is 2.29 bits per heavy atom. The minimum absolute atomic E-state index is 0. The molecule has 0 amide bonds. The van der Waals surface area contributed by atoms with Gasteiger partial charge in [-0.15, -0.1) is 0 Å². The molecule has 0 saturated carbocycles. The van der Waals surface area contributed by atoms with E-state index in [1.807, 2.05) is 3.88 Å². The minimum atomic E-state index is -0.00444. The van der Waals surface area contributed by atoms with Gasteiger partial charge in [-0.2, -0.15) is 0 Å². The minimum Gasteiger partial charge on any atom is -1.00 e. The molecule has 0 aromatic heterocycles. The summed E-state index contributed by atoms with van der Waals surface area (Å²) in [6, 6.07) is 11.2. The van der Waals surface area contributed by atoms with Crippen LogP contribution in [0.15, 0.2) is 51.4 Å². The van der Waals surface area contributed by atoms with Crippen LogP contribution >= 0.6 is 0 Å². The van der Waals surface area contributed by atoms with Gasteiger partial charge in [0.05, 0.1) is 0 Å². The number of allylic oxidation sites excluding steroid dienone is 4. The molecule has 2 rings (SSSR count). The van der Waals surface area contributed by atoms with Gasteiger partial charge in [-0.3, -0.25) is 0 Å². The van der Waals surface area contributed by atoms with Crippen molar-refractivity contribution < 1.29 is 55.6 Å². The molecule has 0 radical (unpaired) electrons. The molecule has 1 aliphatic rings. The molecule has 21 heavy (non-hydrogen) atoms. The molecule has 0 fully saturated rings. The SMILES string of the molecule is CCCC1=[C]([Ti+3][SiH2]c2ccccc2)C(CC)=CC1.[Cl-].[Cl-].[Cl-]. The van der Waals surface area contributed by atoms with Gasteiger partial charge < -0.3 is 37.2 Å². The van der Waals surface area contributed by atoms with E-state index in [-0.39, 0.29) is 63.0 Å². The van der Waals surface area contributed by atoms with E-state index in [0.717, 1.165) is 0 Å². The summed E-state index contributed by atoms with van der Waals surface area (Å²) in [4.78, 5) is 0. The normalized spacial score (nSPS) is 13.1. The second-order valence-corrected chi connectivity index (χ2v) is 10.5. The van der Waals surface area contributed by atoms with Crippen LogP contribution in [-0.2, 0) is 18.4 Å². The Bertz CT molecular complexity index is 458. The first-order valence-electron chi connectivity index (χ1n) is 7.04. The van der Waals surface area contributed by atoms with Crippen molar-refractivity contribution in [3.8, 4) is 0 Å².